The summed E-state index contributed by atoms with van der Waals surface area (Å²) in [5.74, 6) is -0.291. The van der Waals surface area contributed by atoms with Crippen molar-refractivity contribution < 1.29 is 33.3 Å². The van der Waals surface area contributed by atoms with Crippen LogP contribution in [0, 0.1) is 5.92 Å². The number of rotatable bonds is 9. The molecule has 0 bridgehead atoms. The second-order valence-corrected chi connectivity index (χ2v) is 9.88. The summed E-state index contributed by atoms with van der Waals surface area (Å²) in [5, 5.41) is 3.05. The monoisotopic (exact) mass is 473 g/mol. The van der Waals surface area contributed by atoms with Crippen LogP contribution in [0.3, 0.4) is 0 Å². The number of ether oxygens (including phenoxy) is 5. The van der Waals surface area contributed by atoms with Crippen molar-refractivity contribution >= 4 is 17.6 Å². The molecule has 1 saturated carbocycles. The molecule has 8 heteroatoms. The van der Waals surface area contributed by atoms with E-state index in [1.807, 2.05) is 0 Å². The van der Waals surface area contributed by atoms with Crippen molar-refractivity contribution in [3.8, 4) is 5.75 Å². The molecular formula is C26H35NO7. The average Bonchev–Trinajstić information content (AvgIpc) is 3.70. The second kappa shape index (κ2) is 9.68. The van der Waals surface area contributed by atoms with Crippen molar-refractivity contribution in [1.29, 1.82) is 0 Å². The summed E-state index contributed by atoms with van der Waals surface area (Å²) in [6, 6.07) is 6.82. The Morgan fingerprint density at radius 3 is 2.50 bits per heavy atom. The maximum Gasteiger partial charge on any atom is 0.325 e. The molecule has 6 atom stereocenters. The molecule has 1 aliphatic carbocycles. The first-order valence-electron chi connectivity index (χ1n) is 11.9. The SMILES string of the molecule is CO[C@H]1C([C@@]2(C)O[C@@H]2CC=C(C)C)[C@]2(CC[C@H]1OC(=O)CNc1ccc(OC(C)=O)cc1)CO2. The lowest BCUT2D eigenvalue weighted by molar-refractivity contribution is -0.170. The number of hydrogen-bond acceptors (Lipinski definition) is 8. The van der Waals surface area contributed by atoms with Crippen LogP contribution in [0.15, 0.2) is 35.9 Å². The van der Waals surface area contributed by atoms with Gasteiger partial charge in [0.1, 0.15) is 35.7 Å². The summed E-state index contributed by atoms with van der Waals surface area (Å²) in [5.41, 5.74) is 1.38. The van der Waals surface area contributed by atoms with Gasteiger partial charge in [0, 0.05) is 19.7 Å². The lowest BCUT2D eigenvalue weighted by Gasteiger charge is -2.42. The molecule has 2 aliphatic heterocycles. The summed E-state index contributed by atoms with van der Waals surface area (Å²) in [6.45, 7) is 8.35. The number of benzene rings is 1. The maximum absolute atomic E-state index is 12.7. The van der Waals surface area contributed by atoms with Crippen molar-refractivity contribution in [2.24, 2.45) is 5.92 Å². The number of esters is 2. The molecule has 2 saturated heterocycles. The van der Waals surface area contributed by atoms with Gasteiger partial charge in [-0.2, -0.15) is 0 Å². The van der Waals surface area contributed by atoms with Gasteiger partial charge in [-0.25, -0.2) is 0 Å². The average molecular weight is 474 g/mol. The van der Waals surface area contributed by atoms with Crippen LogP contribution in [0.2, 0.25) is 0 Å². The van der Waals surface area contributed by atoms with Crippen LogP contribution in [0.4, 0.5) is 5.69 Å². The molecule has 1 aromatic rings. The summed E-state index contributed by atoms with van der Waals surface area (Å²) in [7, 11) is 1.67. The molecule has 186 valence electrons. The van der Waals surface area contributed by atoms with E-state index in [4.69, 9.17) is 23.7 Å². The van der Waals surface area contributed by atoms with Gasteiger partial charge in [0.2, 0.25) is 0 Å². The van der Waals surface area contributed by atoms with E-state index in [-0.39, 0.29) is 53.9 Å². The Bertz CT molecular complexity index is 935. The molecule has 1 aromatic carbocycles. The molecule has 3 aliphatic rings. The topological polar surface area (TPSA) is 98.9 Å². The molecule has 0 aromatic heterocycles. The fraction of sp³-hybridized carbons (Fsp3) is 0.615. The van der Waals surface area contributed by atoms with Gasteiger partial charge in [0.05, 0.1) is 18.6 Å². The number of epoxide rings is 2. The number of allylic oxidation sites excluding steroid dienone is 1. The van der Waals surface area contributed by atoms with Crippen molar-refractivity contribution in [3.05, 3.63) is 35.9 Å². The van der Waals surface area contributed by atoms with Gasteiger partial charge in [-0.05, 0) is 64.3 Å². The highest BCUT2D eigenvalue weighted by molar-refractivity contribution is 5.75. The Morgan fingerprint density at radius 2 is 1.91 bits per heavy atom. The predicted molar refractivity (Wildman–Crippen MR) is 126 cm³/mol. The van der Waals surface area contributed by atoms with E-state index in [9.17, 15) is 9.59 Å². The van der Waals surface area contributed by atoms with Gasteiger partial charge >= 0.3 is 11.9 Å². The van der Waals surface area contributed by atoms with Crippen LogP contribution in [-0.2, 0) is 28.5 Å². The number of carbonyl (C=O) groups is 2. The van der Waals surface area contributed by atoms with Gasteiger partial charge in [-0.15, -0.1) is 0 Å². The normalized spacial score (nSPS) is 33.7. The van der Waals surface area contributed by atoms with Gasteiger partial charge in [0.25, 0.3) is 0 Å². The van der Waals surface area contributed by atoms with Gasteiger partial charge in [0.15, 0.2) is 0 Å². The summed E-state index contributed by atoms with van der Waals surface area (Å²) in [4.78, 5) is 23.7. The van der Waals surface area contributed by atoms with E-state index in [2.05, 4.69) is 32.2 Å². The Kier molecular flexibility index (Phi) is 7.03. The number of anilines is 1. The van der Waals surface area contributed by atoms with Crippen LogP contribution in [0.25, 0.3) is 0 Å². The summed E-state index contributed by atoms with van der Waals surface area (Å²) in [6.07, 6.45) is 3.99. The number of hydrogen-bond donors (Lipinski definition) is 1. The highest BCUT2D eigenvalue weighted by Gasteiger charge is 2.72. The minimum absolute atomic E-state index is 0.00566. The lowest BCUT2D eigenvalue weighted by Crippen LogP contribution is -2.55. The molecule has 0 radical (unpaired) electrons. The lowest BCUT2D eigenvalue weighted by atomic mass is 9.68. The van der Waals surface area contributed by atoms with Crippen LogP contribution in [0.5, 0.6) is 5.75 Å². The molecule has 34 heavy (non-hydrogen) atoms. The zero-order chi connectivity index (χ0) is 24.5. The molecule has 1 unspecified atom stereocenters. The molecule has 1 spiro atoms. The number of carbonyl (C=O) groups excluding carboxylic acids is 2. The quantitative estimate of drug-likeness (QED) is 0.251. The summed E-state index contributed by atoms with van der Waals surface area (Å²) >= 11 is 0. The van der Waals surface area contributed by atoms with Crippen LogP contribution in [-0.4, -0.2) is 61.7 Å². The fourth-order valence-electron chi connectivity index (χ4n) is 5.26. The Labute approximate surface area is 200 Å². The van der Waals surface area contributed by atoms with E-state index in [1.54, 1.807) is 31.4 Å². The third kappa shape index (κ3) is 5.29. The Hall–Kier alpha value is -2.42. The fourth-order valence-corrected chi connectivity index (χ4v) is 5.26. The van der Waals surface area contributed by atoms with Crippen molar-refractivity contribution in [2.45, 2.75) is 76.5 Å². The Balaban J connectivity index is 1.36. The minimum Gasteiger partial charge on any atom is -0.458 e. The third-order valence-electron chi connectivity index (χ3n) is 7.07. The first-order valence-corrected chi connectivity index (χ1v) is 11.9. The predicted octanol–water partition coefficient (Wildman–Crippen LogP) is 3.64. The first-order chi connectivity index (χ1) is 16.2. The number of methoxy groups -OCH3 is 1. The molecule has 0 amide bonds. The highest BCUT2D eigenvalue weighted by Crippen LogP contribution is 2.59. The van der Waals surface area contributed by atoms with Crippen LogP contribution < -0.4 is 10.1 Å². The summed E-state index contributed by atoms with van der Waals surface area (Å²) < 4.78 is 29.0. The molecule has 1 N–H and O–H groups in total. The standard InChI is InChI=1S/C26H35NO7/c1-16(2)6-11-21-25(4,34-21)24-23(30-5)20(12-13-26(24)15-31-26)33-22(29)14-27-18-7-9-19(10-8-18)32-17(3)28/h6-10,20-21,23-24,27H,11-15H2,1-5H3/t20-,21-,23-,24?,25+,26+/m1/s1. The molecule has 8 nitrogen and oxygen atoms in total. The minimum atomic E-state index is -0.380. The molecule has 2 heterocycles. The smallest absolute Gasteiger partial charge is 0.325 e. The van der Waals surface area contributed by atoms with E-state index in [0.717, 1.165) is 18.5 Å². The van der Waals surface area contributed by atoms with Gasteiger partial charge in [-0.1, -0.05) is 11.6 Å². The highest BCUT2D eigenvalue weighted by atomic mass is 16.6. The van der Waals surface area contributed by atoms with Crippen molar-refractivity contribution in [3.63, 3.8) is 0 Å². The third-order valence-corrected chi connectivity index (χ3v) is 7.07. The van der Waals surface area contributed by atoms with E-state index in [1.165, 1.54) is 12.5 Å². The van der Waals surface area contributed by atoms with Crippen molar-refractivity contribution in [2.75, 3.05) is 25.6 Å². The second-order valence-electron chi connectivity index (χ2n) is 9.88. The Morgan fingerprint density at radius 1 is 1.21 bits per heavy atom. The van der Waals surface area contributed by atoms with Crippen LogP contribution >= 0.6 is 0 Å². The first kappa shape index (κ1) is 24.7. The van der Waals surface area contributed by atoms with Gasteiger partial charge < -0.3 is 29.0 Å². The molecule has 3 fully saturated rings. The molecule has 4 rings (SSSR count). The van der Waals surface area contributed by atoms with Gasteiger partial charge in [-0.3, -0.25) is 9.59 Å². The number of nitrogens with one attached hydrogen (secondary N) is 1. The largest absolute Gasteiger partial charge is 0.458 e. The zero-order valence-corrected chi connectivity index (χ0v) is 20.6. The van der Waals surface area contributed by atoms with E-state index < -0.39 is 0 Å². The molecular weight excluding hydrogens is 438 g/mol. The zero-order valence-electron chi connectivity index (χ0n) is 20.6. The maximum atomic E-state index is 12.7. The van der Waals surface area contributed by atoms with E-state index in [0.29, 0.717) is 18.8 Å². The van der Waals surface area contributed by atoms with Crippen molar-refractivity contribution in [1.82, 2.24) is 0 Å². The van der Waals surface area contributed by atoms with Crippen LogP contribution in [0.1, 0.15) is 47.0 Å². The van der Waals surface area contributed by atoms with E-state index >= 15 is 0 Å².